The number of benzene rings is 2. The Morgan fingerprint density at radius 1 is 1.18 bits per heavy atom. The fourth-order valence-electron chi connectivity index (χ4n) is 1.95. The van der Waals surface area contributed by atoms with E-state index in [1.54, 1.807) is 31.2 Å². The summed E-state index contributed by atoms with van der Waals surface area (Å²) in [5.41, 5.74) is 0.895. The minimum absolute atomic E-state index is 0.0310. The molecule has 1 N–H and O–H groups in total. The van der Waals surface area contributed by atoms with Gasteiger partial charge in [0, 0.05) is 16.1 Å². The minimum Gasteiger partial charge on any atom is -0.207 e. The number of nitrogens with one attached hydrogen (secondary N) is 1. The van der Waals surface area contributed by atoms with Crippen molar-refractivity contribution in [3.8, 4) is 6.07 Å². The highest BCUT2D eigenvalue weighted by Gasteiger charge is 2.20. The van der Waals surface area contributed by atoms with Gasteiger partial charge in [-0.2, -0.15) is 5.26 Å². The number of halogens is 2. The van der Waals surface area contributed by atoms with E-state index in [0.717, 1.165) is 0 Å². The summed E-state index contributed by atoms with van der Waals surface area (Å²) in [6, 6.07) is 12.0. The molecule has 1 atom stereocenters. The first-order valence-electron chi connectivity index (χ1n) is 6.31. The van der Waals surface area contributed by atoms with Crippen molar-refractivity contribution in [3.63, 3.8) is 0 Å². The maximum atomic E-state index is 12.4. The molecule has 0 aliphatic rings. The van der Waals surface area contributed by atoms with Crippen molar-refractivity contribution in [2.75, 3.05) is 0 Å². The van der Waals surface area contributed by atoms with Gasteiger partial charge in [-0.25, -0.2) is 13.1 Å². The van der Waals surface area contributed by atoms with E-state index in [2.05, 4.69) is 4.72 Å². The van der Waals surface area contributed by atoms with E-state index < -0.39 is 16.1 Å². The zero-order valence-electron chi connectivity index (χ0n) is 11.5. The molecule has 114 valence electrons. The predicted octanol–water partition coefficient (Wildman–Crippen LogP) is 3.90. The largest absolute Gasteiger partial charge is 0.241 e. The van der Waals surface area contributed by atoms with E-state index in [0.29, 0.717) is 15.6 Å². The van der Waals surface area contributed by atoms with Crippen LogP contribution < -0.4 is 4.72 Å². The fourth-order valence-corrected chi connectivity index (χ4v) is 3.79. The zero-order valence-corrected chi connectivity index (χ0v) is 13.9. The summed E-state index contributed by atoms with van der Waals surface area (Å²) >= 11 is 11.9. The van der Waals surface area contributed by atoms with Crippen LogP contribution in [0.1, 0.15) is 24.1 Å². The first-order valence-corrected chi connectivity index (χ1v) is 8.55. The Bertz CT molecular complexity index is 845. The molecule has 2 aromatic carbocycles. The van der Waals surface area contributed by atoms with Gasteiger partial charge in [0.1, 0.15) is 0 Å². The van der Waals surface area contributed by atoms with Crippen molar-refractivity contribution in [2.24, 2.45) is 0 Å². The van der Waals surface area contributed by atoms with Gasteiger partial charge in [0.2, 0.25) is 10.0 Å². The summed E-state index contributed by atoms with van der Waals surface area (Å²) in [5, 5.41) is 9.72. The molecule has 0 unspecified atom stereocenters. The lowest BCUT2D eigenvalue weighted by molar-refractivity contribution is 0.567. The Hall–Kier alpha value is -1.58. The maximum absolute atomic E-state index is 12.4. The van der Waals surface area contributed by atoms with Crippen LogP contribution in [0.4, 0.5) is 0 Å². The molecule has 2 rings (SSSR count). The van der Waals surface area contributed by atoms with Crippen LogP contribution in [0.2, 0.25) is 10.0 Å². The number of sulfonamides is 1. The smallest absolute Gasteiger partial charge is 0.207 e. The van der Waals surface area contributed by atoms with Gasteiger partial charge in [-0.15, -0.1) is 0 Å². The normalized spacial score (nSPS) is 12.6. The monoisotopic (exact) mass is 354 g/mol. The Kier molecular flexibility index (Phi) is 5.09. The third-order valence-corrected chi connectivity index (χ3v) is 5.14. The maximum Gasteiger partial charge on any atom is 0.241 e. The number of hydrogen-bond donors (Lipinski definition) is 1. The summed E-state index contributed by atoms with van der Waals surface area (Å²) in [7, 11) is -3.76. The van der Waals surface area contributed by atoms with Crippen molar-refractivity contribution < 1.29 is 8.42 Å². The number of nitrogens with zero attached hydrogens (tertiary/aromatic N) is 1. The lowest BCUT2D eigenvalue weighted by Crippen LogP contribution is -2.27. The van der Waals surface area contributed by atoms with E-state index in [4.69, 9.17) is 28.5 Å². The van der Waals surface area contributed by atoms with Gasteiger partial charge in [-0.05, 0) is 42.8 Å². The predicted molar refractivity (Wildman–Crippen MR) is 86.4 cm³/mol. The Labute approximate surface area is 139 Å². The summed E-state index contributed by atoms with van der Waals surface area (Å²) < 4.78 is 27.3. The molecule has 0 heterocycles. The van der Waals surface area contributed by atoms with Crippen LogP contribution >= 0.6 is 23.2 Å². The molecule has 0 spiro atoms. The van der Waals surface area contributed by atoms with Crippen LogP contribution in [0, 0.1) is 11.3 Å². The molecule has 0 aliphatic heterocycles. The third kappa shape index (κ3) is 3.79. The number of hydrogen-bond acceptors (Lipinski definition) is 3. The van der Waals surface area contributed by atoms with Crippen LogP contribution in [-0.2, 0) is 10.0 Å². The van der Waals surface area contributed by atoms with Gasteiger partial charge in [-0.1, -0.05) is 35.3 Å². The molecule has 0 saturated heterocycles. The molecule has 0 aromatic heterocycles. The topological polar surface area (TPSA) is 70.0 Å². The second kappa shape index (κ2) is 6.67. The van der Waals surface area contributed by atoms with Crippen LogP contribution in [0.25, 0.3) is 0 Å². The van der Waals surface area contributed by atoms with Gasteiger partial charge in [0.15, 0.2) is 0 Å². The number of nitriles is 1. The highest BCUT2D eigenvalue weighted by Crippen LogP contribution is 2.27. The van der Waals surface area contributed by atoms with Crippen molar-refractivity contribution in [1.29, 1.82) is 5.26 Å². The van der Waals surface area contributed by atoms with Crippen molar-refractivity contribution in [1.82, 2.24) is 4.72 Å². The highest BCUT2D eigenvalue weighted by atomic mass is 35.5. The fraction of sp³-hybridized carbons (Fsp3) is 0.133. The van der Waals surface area contributed by atoms with Gasteiger partial charge >= 0.3 is 0 Å². The molecule has 2 aromatic rings. The van der Waals surface area contributed by atoms with Crippen molar-refractivity contribution >= 4 is 33.2 Å². The molecule has 0 fully saturated rings. The van der Waals surface area contributed by atoms with Gasteiger partial charge in [0.05, 0.1) is 16.5 Å². The summed E-state index contributed by atoms with van der Waals surface area (Å²) in [6.07, 6.45) is 0. The molecule has 4 nitrogen and oxygen atoms in total. The first kappa shape index (κ1) is 16.8. The van der Waals surface area contributed by atoms with Crippen molar-refractivity contribution in [3.05, 3.63) is 63.6 Å². The van der Waals surface area contributed by atoms with E-state index in [9.17, 15) is 8.42 Å². The average Bonchev–Trinajstić information content (AvgIpc) is 2.46. The number of rotatable bonds is 4. The second-order valence-corrected chi connectivity index (χ2v) is 7.21. The SMILES string of the molecule is C[C@H](NS(=O)(=O)c1cccc(C#N)c1)c1ccc(Cl)cc1Cl. The summed E-state index contributed by atoms with van der Waals surface area (Å²) in [6.45, 7) is 1.68. The molecule has 0 bridgehead atoms. The molecular weight excluding hydrogens is 343 g/mol. The molecule has 7 heteroatoms. The molecule has 0 amide bonds. The van der Waals surface area contributed by atoms with E-state index in [1.807, 2.05) is 6.07 Å². The minimum atomic E-state index is -3.76. The second-order valence-electron chi connectivity index (χ2n) is 4.65. The highest BCUT2D eigenvalue weighted by molar-refractivity contribution is 7.89. The van der Waals surface area contributed by atoms with Crippen molar-refractivity contribution in [2.45, 2.75) is 17.9 Å². The van der Waals surface area contributed by atoms with Crippen LogP contribution in [-0.4, -0.2) is 8.42 Å². The zero-order chi connectivity index (χ0) is 16.3. The molecule has 0 saturated carbocycles. The van der Waals surface area contributed by atoms with Crippen LogP contribution in [0.15, 0.2) is 47.4 Å². The molecule has 0 radical (unpaired) electrons. The molecule has 22 heavy (non-hydrogen) atoms. The Morgan fingerprint density at radius 2 is 1.91 bits per heavy atom. The van der Waals surface area contributed by atoms with Crippen LogP contribution in [0.5, 0.6) is 0 Å². The van der Waals surface area contributed by atoms with Gasteiger partial charge < -0.3 is 0 Å². The van der Waals surface area contributed by atoms with E-state index in [-0.39, 0.29) is 10.5 Å². The van der Waals surface area contributed by atoms with Crippen LogP contribution in [0.3, 0.4) is 0 Å². The lowest BCUT2D eigenvalue weighted by atomic mass is 10.1. The summed E-state index contributed by atoms with van der Waals surface area (Å²) in [4.78, 5) is 0.0310. The Balaban J connectivity index is 2.30. The lowest BCUT2D eigenvalue weighted by Gasteiger charge is -2.16. The van der Waals surface area contributed by atoms with E-state index in [1.165, 1.54) is 18.2 Å². The third-order valence-electron chi connectivity index (χ3n) is 3.03. The first-order chi connectivity index (χ1) is 10.3. The van der Waals surface area contributed by atoms with E-state index >= 15 is 0 Å². The molecular formula is C15H12Cl2N2O2S. The average molecular weight is 355 g/mol. The Morgan fingerprint density at radius 3 is 2.55 bits per heavy atom. The standard InChI is InChI=1S/C15H12Cl2N2O2S/c1-10(14-6-5-12(16)8-15(14)17)19-22(20,21)13-4-2-3-11(7-13)9-18/h2-8,10,19H,1H3/t10-/m0/s1. The van der Waals surface area contributed by atoms with Gasteiger partial charge in [0.25, 0.3) is 0 Å². The quantitative estimate of drug-likeness (QED) is 0.904. The summed E-state index contributed by atoms with van der Waals surface area (Å²) in [5.74, 6) is 0. The molecule has 0 aliphatic carbocycles. The van der Waals surface area contributed by atoms with Gasteiger partial charge in [-0.3, -0.25) is 0 Å².